The van der Waals surface area contributed by atoms with E-state index in [0.717, 1.165) is 69.1 Å². The van der Waals surface area contributed by atoms with Gasteiger partial charge in [-0.3, -0.25) is 28.8 Å². The van der Waals surface area contributed by atoms with Crippen LogP contribution in [0.4, 0.5) is 22.0 Å². The zero-order valence-electron chi connectivity index (χ0n) is 37.6. The molecule has 3 N–H and O–H groups in total. The second kappa shape index (κ2) is 18.5. The fourth-order valence-electron chi connectivity index (χ4n) is 11.4. The molecular weight excluding hydrogens is 920 g/mol. The molecule has 14 nitrogen and oxygen atoms in total. The highest BCUT2D eigenvalue weighted by atomic mass is 19.2. The van der Waals surface area contributed by atoms with Crippen molar-refractivity contribution in [3.63, 3.8) is 0 Å². The Morgan fingerprint density at radius 1 is 0.614 bits per heavy atom. The zero-order valence-corrected chi connectivity index (χ0v) is 37.6. The Balaban J connectivity index is 0.000000165. The molecule has 19 heteroatoms. The summed E-state index contributed by atoms with van der Waals surface area (Å²) in [7, 11) is 0. The van der Waals surface area contributed by atoms with E-state index in [1.54, 1.807) is 9.47 Å². The van der Waals surface area contributed by atoms with Gasteiger partial charge in [-0.15, -0.1) is 0 Å². The Kier molecular flexibility index (Phi) is 12.3. The highest BCUT2D eigenvalue weighted by Gasteiger charge is 2.50. The maximum absolute atomic E-state index is 14.1. The molecule has 364 valence electrons. The van der Waals surface area contributed by atoms with E-state index in [9.17, 15) is 55.8 Å². The van der Waals surface area contributed by atoms with E-state index >= 15 is 0 Å². The molecule has 2 atom stereocenters. The molecule has 8 aliphatic rings. The summed E-state index contributed by atoms with van der Waals surface area (Å²) in [6, 6.07) is 13.5. The first-order chi connectivity index (χ1) is 33.7. The fraction of sp³-hybridized carbons (Fsp3) is 0.373. The number of pyridine rings is 2. The Hall–Kier alpha value is -7.31. The van der Waals surface area contributed by atoms with E-state index in [4.69, 9.17) is 4.74 Å². The van der Waals surface area contributed by atoms with Gasteiger partial charge in [0.2, 0.25) is 10.9 Å². The van der Waals surface area contributed by atoms with Crippen LogP contribution < -0.4 is 26.2 Å². The van der Waals surface area contributed by atoms with Crippen molar-refractivity contribution in [1.29, 1.82) is 0 Å². The van der Waals surface area contributed by atoms with Gasteiger partial charge in [0.05, 0.1) is 12.1 Å². The van der Waals surface area contributed by atoms with Crippen LogP contribution >= 0.6 is 0 Å². The van der Waals surface area contributed by atoms with Gasteiger partial charge >= 0.3 is 0 Å². The number of hydrogen-bond donors (Lipinski definition) is 3. The number of nitrogens with one attached hydrogen (secondary N) is 2. The normalized spacial score (nSPS) is 22.5. The van der Waals surface area contributed by atoms with Crippen molar-refractivity contribution in [2.24, 2.45) is 11.8 Å². The Morgan fingerprint density at radius 3 is 1.70 bits per heavy atom. The number of carbonyl (C=O) groups is 4. The van der Waals surface area contributed by atoms with E-state index in [1.807, 2.05) is 35.2 Å². The molecule has 4 saturated heterocycles. The summed E-state index contributed by atoms with van der Waals surface area (Å²) in [6.07, 6.45) is 10.5. The predicted molar refractivity (Wildman–Crippen MR) is 240 cm³/mol. The highest BCUT2D eigenvalue weighted by molar-refractivity contribution is 6.00. The number of hydrogen-bond acceptors (Lipinski definition) is 8. The van der Waals surface area contributed by atoms with Gasteiger partial charge in [0.1, 0.15) is 46.8 Å². The van der Waals surface area contributed by atoms with E-state index in [1.165, 1.54) is 23.0 Å². The molecule has 2 aliphatic carbocycles. The van der Waals surface area contributed by atoms with Gasteiger partial charge < -0.3 is 39.4 Å². The number of halogens is 5. The Morgan fingerprint density at radius 2 is 1.13 bits per heavy atom. The third kappa shape index (κ3) is 8.37. The van der Waals surface area contributed by atoms with Crippen LogP contribution in [0, 0.1) is 40.9 Å². The predicted octanol–water partition coefficient (Wildman–Crippen LogP) is 6.33. The highest BCUT2D eigenvalue weighted by Crippen LogP contribution is 2.45. The minimum Gasteiger partial charge on any atom is -0.503 e. The third-order valence-electron chi connectivity index (χ3n) is 14.9. The summed E-state index contributed by atoms with van der Waals surface area (Å²) < 4.78 is 77.1. The van der Waals surface area contributed by atoms with Crippen LogP contribution in [-0.2, 0) is 32.8 Å². The molecule has 0 radical (unpaired) electrons. The number of aromatic hydroxyl groups is 1. The molecule has 2 saturated carbocycles. The molecule has 0 unspecified atom stereocenters. The number of piperidine rings is 4. The second-order valence-corrected chi connectivity index (χ2v) is 18.8. The molecule has 3 aromatic carbocycles. The van der Waals surface area contributed by atoms with E-state index in [-0.39, 0.29) is 71.5 Å². The van der Waals surface area contributed by atoms with Crippen LogP contribution in [0.5, 0.6) is 11.5 Å². The van der Waals surface area contributed by atoms with Gasteiger partial charge in [-0.2, -0.15) is 0 Å². The van der Waals surface area contributed by atoms with Crippen LogP contribution in [0.2, 0.25) is 0 Å². The number of rotatable bonds is 9. The molecule has 70 heavy (non-hydrogen) atoms. The summed E-state index contributed by atoms with van der Waals surface area (Å²) in [4.78, 5) is 82.6. The molecule has 13 rings (SSSR count). The Labute approximate surface area is 396 Å². The lowest BCUT2D eigenvalue weighted by Crippen LogP contribution is -2.62. The molecule has 6 fully saturated rings. The van der Waals surface area contributed by atoms with Crippen LogP contribution in [0.15, 0.2) is 82.6 Å². The van der Waals surface area contributed by atoms with Crippen LogP contribution in [0.25, 0.3) is 0 Å². The number of carbonyl (C=O) groups excluding carboxylic acids is 4. The van der Waals surface area contributed by atoms with Gasteiger partial charge in [-0.05, 0) is 74.8 Å². The van der Waals surface area contributed by atoms with E-state index < -0.39 is 81.1 Å². The number of aromatic nitrogens is 2. The molecular formula is C51H47F5N6O8. The first kappa shape index (κ1) is 46.4. The fourth-order valence-corrected chi connectivity index (χ4v) is 11.4. The van der Waals surface area contributed by atoms with Gasteiger partial charge in [-0.1, -0.05) is 36.4 Å². The first-order valence-corrected chi connectivity index (χ1v) is 23.4. The van der Waals surface area contributed by atoms with Crippen molar-refractivity contribution in [3.8, 4) is 11.5 Å². The molecule has 8 heterocycles. The quantitative estimate of drug-likeness (QED) is 0.144. The van der Waals surface area contributed by atoms with Gasteiger partial charge in [0, 0.05) is 80.0 Å². The van der Waals surface area contributed by atoms with E-state index in [0.29, 0.717) is 37.1 Å². The largest absolute Gasteiger partial charge is 0.503 e. The average Bonchev–Trinajstić information content (AvgIpc) is 3.35. The lowest BCUT2D eigenvalue weighted by molar-refractivity contribution is -0.0185. The zero-order chi connectivity index (χ0) is 49.1. The summed E-state index contributed by atoms with van der Waals surface area (Å²) >= 11 is 0. The number of nitrogens with zero attached hydrogens (tertiary/aromatic N) is 4. The standard InChI is InChI=1S/C29H27F2N3O4.C22H20F3N3O4/c30-20-9-6-19(23(31)12-20)13-32-28(36)22-14-33-15-24-18-7-10-21(11-8-18)34(24)29(37)25(33)27(26(22)35)38-16-17-4-2-1-3-5-17;23-11-5-15(24)13(16(25)6-11)7-26-21(31)14-8-27-9-17-10-1-3-12(4-2-10)28(17)22(32)18(27)20(30)19(14)29/h1-6,9,12,14,18,21,24H,7-8,10-11,13,15-16H2,(H,32,36);5-6,8,10,12,17,30H,1-4,7,9H2,(H,26,31)/t18?,21?,24-;10?,12?,17-/m00/s1. The number of fused-ring (bicyclic) bond motifs is 6. The molecule has 5 aromatic rings. The number of amides is 4. The van der Waals surface area contributed by atoms with Gasteiger partial charge in [-0.25, -0.2) is 22.0 Å². The maximum atomic E-state index is 14.1. The minimum atomic E-state index is -1.18. The van der Waals surface area contributed by atoms with Crippen molar-refractivity contribution in [3.05, 3.63) is 162 Å². The smallest absolute Gasteiger partial charge is 0.275 e. The second-order valence-electron chi connectivity index (χ2n) is 18.8. The SMILES string of the molecule is O=C(NCc1c(F)cc(F)cc1F)c1cn2c(c(O)c1=O)C(=O)N1C3CCC(CC3)[C@@H]1C2.O=C(NCc1ccc(F)cc1F)c1cn2c(c(OCc3ccccc3)c1=O)C(=O)N1C3CCC(CC3)[C@@H]1C2. The lowest BCUT2D eigenvalue weighted by Gasteiger charge is -2.54. The number of benzene rings is 3. The average molecular weight is 967 g/mol. The topological polar surface area (TPSA) is 172 Å². The van der Waals surface area contributed by atoms with Crippen molar-refractivity contribution < 1.29 is 51.0 Å². The Bertz CT molecular complexity index is 3050. The first-order valence-electron chi connectivity index (χ1n) is 23.4. The summed E-state index contributed by atoms with van der Waals surface area (Å²) in [5.41, 5.74) is -2.03. The lowest BCUT2D eigenvalue weighted by atomic mass is 9.73. The summed E-state index contributed by atoms with van der Waals surface area (Å²) in [6.45, 7) is 0.00955. The van der Waals surface area contributed by atoms with Crippen LogP contribution in [0.1, 0.15) is 110 Å². The number of ether oxygens (including phenoxy) is 1. The van der Waals surface area contributed by atoms with Crippen molar-refractivity contribution >= 4 is 23.6 Å². The summed E-state index contributed by atoms with van der Waals surface area (Å²) in [5.74, 6) is -7.59. The van der Waals surface area contributed by atoms with Gasteiger partial charge in [0.15, 0.2) is 22.9 Å². The molecule has 4 amide bonds. The van der Waals surface area contributed by atoms with Crippen LogP contribution in [-0.4, -0.2) is 71.8 Å². The molecule has 2 aromatic heterocycles. The molecule has 0 spiro atoms. The van der Waals surface area contributed by atoms with Crippen LogP contribution in [0.3, 0.4) is 0 Å². The molecule has 4 bridgehead atoms. The van der Waals surface area contributed by atoms with Crippen molar-refractivity contribution in [2.45, 2.75) is 108 Å². The maximum Gasteiger partial charge on any atom is 0.275 e. The third-order valence-corrected chi connectivity index (χ3v) is 14.9. The van der Waals surface area contributed by atoms with E-state index in [2.05, 4.69) is 10.6 Å². The summed E-state index contributed by atoms with van der Waals surface area (Å²) in [5, 5.41) is 15.3. The van der Waals surface area contributed by atoms with Gasteiger partial charge in [0.25, 0.3) is 23.6 Å². The van der Waals surface area contributed by atoms with Crippen molar-refractivity contribution in [1.82, 2.24) is 29.6 Å². The monoisotopic (exact) mass is 966 g/mol. The molecule has 6 aliphatic heterocycles. The minimum absolute atomic E-state index is 0.0104. The van der Waals surface area contributed by atoms with Crippen molar-refractivity contribution in [2.75, 3.05) is 0 Å².